The topological polar surface area (TPSA) is 0 Å². The number of halogens is 3. The Kier molecular flexibility index (Phi) is 213. The molecule has 0 fully saturated rings. The van der Waals surface area contributed by atoms with Gasteiger partial charge >= 0.3 is 100 Å². The Hall–Kier alpha value is 6.34. The summed E-state index contributed by atoms with van der Waals surface area (Å²) in [5.74, 6) is 0. The van der Waals surface area contributed by atoms with Crippen molar-refractivity contribution >= 4 is 135 Å². The van der Waals surface area contributed by atoms with Gasteiger partial charge in [0.25, 0.3) is 0 Å². The summed E-state index contributed by atoms with van der Waals surface area (Å²) in [5.41, 5.74) is 0. The molecule has 0 rings (SSSR count). The number of hydrogen-bond donors (Lipinski definition) is 0. The van der Waals surface area contributed by atoms with Gasteiger partial charge in [0.15, 0.2) is 4.30 Å². The van der Waals surface area contributed by atoms with Crippen LogP contribution in [0.4, 0.5) is 0 Å². The molecule has 10 heteroatoms. The van der Waals surface area contributed by atoms with E-state index >= 15 is 0 Å². The molecule has 11 heavy (non-hydrogen) atoms. The molecule has 0 saturated heterocycles. The van der Waals surface area contributed by atoms with E-state index in [-0.39, 0.29) is 173 Å². The van der Waals surface area contributed by atoms with Crippen molar-refractivity contribution in [2.24, 2.45) is 0 Å². The molecule has 0 radical (unpaired) electrons. The SMILES string of the molecule is ClC(Cl)Cl.[BaH2].[BeH2].[Cd].[Cr].[Hg].[SbH3].[SeH2]. The van der Waals surface area contributed by atoms with E-state index < -0.39 is 4.30 Å². The Morgan fingerprint density at radius 2 is 1.00 bits per heavy atom. The normalized spacial score (nSPS) is 3.27. The Balaban J connectivity index is -0.00000000214. The summed E-state index contributed by atoms with van der Waals surface area (Å²) in [6.45, 7) is 0. The summed E-state index contributed by atoms with van der Waals surface area (Å²) in [6, 6.07) is 0. The van der Waals surface area contributed by atoms with Gasteiger partial charge in [-0.1, -0.05) is 34.8 Å². The first-order valence-corrected chi connectivity index (χ1v) is 1.96. The van der Waals surface area contributed by atoms with Gasteiger partial charge in [0.1, 0.15) is 0 Å². The minimum absolute atomic E-state index is 0. The molecule has 0 bridgehead atoms. The van der Waals surface area contributed by atoms with Crippen LogP contribution in [0, 0.1) is 0 Å². The summed E-state index contributed by atoms with van der Waals surface area (Å²) < 4.78 is -0.750. The second-order valence-corrected chi connectivity index (χ2v) is 2.23. The molecule has 0 aliphatic rings. The van der Waals surface area contributed by atoms with E-state index in [1.54, 1.807) is 0 Å². The molecule has 0 atom stereocenters. The molecule has 0 aliphatic heterocycles. The zero-order valence-corrected chi connectivity index (χ0v) is 24.0. The molecule has 0 N–H and O–H groups in total. The van der Waals surface area contributed by atoms with Crippen molar-refractivity contribution in [3.63, 3.8) is 0 Å². The second-order valence-electron chi connectivity index (χ2n) is 0.247. The van der Waals surface area contributed by atoms with Crippen molar-refractivity contribution in [2.75, 3.05) is 0 Å². The van der Waals surface area contributed by atoms with Gasteiger partial charge in [-0.15, -0.1) is 0 Å². The van der Waals surface area contributed by atoms with Gasteiger partial charge < -0.3 is 0 Å². The van der Waals surface area contributed by atoms with Crippen LogP contribution in [0.3, 0.4) is 0 Å². The molecule has 0 aliphatic carbocycles. The number of hydrogen-bond acceptors (Lipinski definition) is 0. The fraction of sp³-hybridized carbons (Fsp3) is 1.00. The number of alkyl halides is 3. The van der Waals surface area contributed by atoms with Crippen LogP contribution in [0.15, 0.2) is 0 Å². The van der Waals surface area contributed by atoms with E-state index in [2.05, 4.69) is 0 Å². The van der Waals surface area contributed by atoms with E-state index in [0.29, 0.717) is 0 Å². The zero-order chi connectivity index (χ0) is 3.58. The fourth-order valence-electron chi connectivity index (χ4n) is 0. The van der Waals surface area contributed by atoms with Crippen molar-refractivity contribution in [3.05, 3.63) is 0 Å². The second kappa shape index (κ2) is 44.1. The van der Waals surface area contributed by atoms with Crippen molar-refractivity contribution in [1.29, 1.82) is 0 Å². The monoisotopic (exact) mass is 843 g/mol. The molecule has 0 spiro atoms. The third kappa shape index (κ3) is 83.6. The van der Waals surface area contributed by atoms with Crippen LogP contribution in [0.5, 0.6) is 0 Å². The third-order valence-corrected chi connectivity index (χ3v) is 0. The van der Waals surface area contributed by atoms with Gasteiger partial charge in [0.2, 0.25) is 0 Å². The molecular weight excluding hydrogens is 830 g/mol. The molecule has 0 aromatic rings. The summed E-state index contributed by atoms with van der Waals surface area (Å²) in [4.78, 5) is 0. The van der Waals surface area contributed by atoms with Crippen LogP contribution < -0.4 is 0 Å². The van der Waals surface area contributed by atoms with Gasteiger partial charge in [-0.05, 0) is 0 Å². The molecule has 0 saturated carbocycles. The van der Waals surface area contributed by atoms with Crippen LogP contribution in [-0.2, 0) is 72.3 Å². The molecule has 0 unspecified atom stereocenters. The quantitative estimate of drug-likeness (QED) is 0.197. The van der Waals surface area contributed by atoms with Gasteiger partial charge in [-0.2, -0.15) is 0 Å². The standard InChI is InChI=1S/CHCl3.Ba.Be.Cd.Cr.Hg.Sb.H2Se.7H/c2-1(3)4;;;;;;;;;;;;;;/h1H;;;;;;;1H2;;;;;;;. The van der Waals surface area contributed by atoms with E-state index in [0.717, 1.165) is 0 Å². The molecular formula is CH10BaBeCdCl3CrHgSbSe. The Morgan fingerprint density at radius 1 is 1.00 bits per heavy atom. The molecule has 0 nitrogen and oxygen atoms in total. The van der Waals surface area contributed by atoms with Gasteiger partial charge in [0.05, 0.1) is 0 Å². The van der Waals surface area contributed by atoms with E-state index in [1.165, 1.54) is 0 Å². The molecule has 0 heterocycles. The predicted octanol–water partition coefficient (Wildman–Crippen LogP) is -1.95. The van der Waals surface area contributed by atoms with Crippen LogP contribution in [0.25, 0.3) is 0 Å². The predicted molar refractivity (Wildman–Crippen MR) is 56.9 cm³/mol. The first-order chi connectivity index (χ1) is 1.73. The van der Waals surface area contributed by atoms with E-state index in [9.17, 15) is 0 Å². The van der Waals surface area contributed by atoms with Gasteiger partial charge in [-0.3, -0.25) is 0 Å². The maximum atomic E-state index is 4.81. The van der Waals surface area contributed by atoms with Crippen molar-refractivity contribution < 1.29 is 72.3 Å². The van der Waals surface area contributed by atoms with Crippen LogP contribution in [0.2, 0.25) is 0 Å². The Bertz CT molecular complexity index is 38.1. The summed E-state index contributed by atoms with van der Waals surface area (Å²) in [6.07, 6.45) is 0. The molecule has 0 aromatic heterocycles. The van der Waals surface area contributed by atoms with Crippen molar-refractivity contribution in [1.82, 2.24) is 0 Å². The number of rotatable bonds is 0. The molecule has 0 aromatic carbocycles. The molecule has 60 valence electrons. The van der Waals surface area contributed by atoms with E-state index in [1.807, 2.05) is 0 Å². The average Bonchev–Trinajstić information content (AvgIpc) is 0.811. The zero-order valence-electron chi connectivity index (χ0n) is 4.74. The third-order valence-electron chi connectivity index (χ3n) is 0. The average molecular weight is 841 g/mol. The molecule has 0 amide bonds. The Labute approximate surface area is 206 Å². The summed E-state index contributed by atoms with van der Waals surface area (Å²) >= 11 is 14.4. The summed E-state index contributed by atoms with van der Waals surface area (Å²) in [5, 5.41) is 0. The first-order valence-electron chi connectivity index (χ1n) is 0.655. The Morgan fingerprint density at radius 3 is 1.00 bits per heavy atom. The summed E-state index contributed by atoms with van der Waals surface area (Å²) in [7, 11) is 0. The van der Waals surface area contributed by atoms with Crippen LogP contribution in [0.1, 0.15) is 0 Å². The van der Waals surface area contributed by atoms with Gasteiger partial charge in [0, 0.05) is 72.3 Å². The van der Waals surface area contributed by atoms with E-state index in [4.69, 9.17) is 34.8 Å². The van der Waals surface area contributed by atoms with Gasteiger partial charge in [-0.25, -0.2) is 0 Å². The first kappa shape index (κ1) is 53.1. The van der Waals surface area contributed by atoms with Crippen molar-refractivity contribution in [3.8, 4) is 0 Å². The van der Waals surface area contributed by atoms with Crippen LogP contribution >= 0.6 is 34.8 Å². The maximum absolute atomic E-state index is 4.81. The van der Waals surface area contributed by atoms with Crippen molar-refractivity contribution in [2.45, 2.75) is 4.30 Å². The minimum atomic E-state index is -0.750. The van der Waals surface area contributed by atoms with Crippen LogP contribution in [-0.4, -0.2) is 105 Å². The fourth-order valence-corrected chi connectivity index (χ4v) is 0.